The molecule has 1 N–H and O–H groups in total. The van der Waals surface area contributed by atoms with Crippen molar-refractivity contribution in [2.24, 2.45) is 7.05 Å². The van der Waals surface area contributed by atoms with Crippen LogP contribution in [0.5, 0.6) is 0 Å². The summed E-state index contributed by atoms with van der Waals surface area (Å²) in [6, 6.07) is 14.5. The van der Waals surface area contributed by atoms with Gasteiger partial charge in [0.1, 0.15) is 6.20 Å². The number of nitrogens with one attached hydrogen (secondary N) is 1. The third kappa shape index (κ3) is 4.04. The zero-order valence-electron chi connectivity index (χ0n) is 13.5. The third-order valence-corrected chi connectivity index (χ3v) is 4.73. The number of benzene rings is 2. The highest BCUT2D eigenvalue weighted by atomic mass is 35.5. The van der Waals surface area contributed by atoms with Gasteiger partial charge >= 0.3 is 5.69 Å². The van der Waals surface area contributed by atoms with Crippen LogP contribution in [0.1, 0.15) is 10.5 Å². The molecule has 2 aromatic carbocycles. The van der Waals surface area contributed by atoms with Gasteiger partial charge in [0.15, 0.2) is 0 Å². The molecular formula is C17H13ClN4O3S. The van der Waals surface area contributed by atoms with E-state index in [0.29, 0.717) is 10.7 Å². The van der Waals surface area contributed by atoms with Crippen LogP contribution in [-0.4, -0.2) is 20.6 Å². The number of aryl methyl sites for hydroxylation is 1. The monoisotopic (exact) mass is 388 g/mol. The fourth-order valence-electron chi connectivity index (χ4n) is 2.24. The van der Waals surface area contributed by atoms with E-state index >= 15 is 0 Å². The fraction of sp³-hybridized carbons (Fsp3) is 0.0588. The van der Waals surface area contributed by atoms with Gasteiger partial charge in [0.2, 0.25) is 5.69 Å². The number of nitrogens with zero attached hydrogens (tertiary/aromatic N) is 3. The summed E-state index contributed by atoms with van der Waals surface area (Å²) in [6.45, 7) is 0. The molecule has 0 fully saturated rings. The molecule has 132 valence electrons. The van der Waals surface area contributed by atoms with Crippen molar-refractivity contribution in [3.63, 3.8) is 0 Å². The predicted molar refractivity (Wildman–Crippen MR) is 99.8 cm³/mol. The summed E-state index contributed by atoms with van der Waals surface area (Å²) in [5.41, 5.74) is -0.0333. The maximum absolute atomic E-state index is 12.5. The Morgan fingerprint density at radius 1 is 1.23 bits per heavy atom. The van der Waals surface area contributed by atoms with E-state index in [1.165, 1.54) is 29.7 Å². The molecule has 0 bridgehead atoms. The van der Waals surface area contributed by atoms with Gasteiger partial charge in [0.25, 0.3) is 5.91 Å². The summed E-state index contributed by atoms with van der Waals surface area (Å²) in [5, 5.41) is 18.3. The van der Waals surface area contributed by atoms with E-state index < -0.39 is 10.8 Å². The second-order valence-corrected chi connectivity index (χ2v) is 6.85. The van der Waals surface area contributed by atoms with Crippen molar-refractivity contribution >= 4 is 40.6 Å². The van der Waals surface area contributed by atoms with Gasteiger partial charge in [-0.2, -0.15) is 5.10 Å². The van der Waals surface area contributed by atoms with Crippen molar-refractivity contribution in [3.05, 3.63) is 75.6 Å². The summed E-state index contributed by atoms with van der Waals surface area (Å²) < 4.78 is 1.24. The highest BCUT2D eigenvalue weighted by Crippen LogP contribution is 2.34. The lowest BCUT2D eigenvalue weighted by Gasteiger charge is -2.10. The van der Waals surface area contributed by atoms with Crippen molar-refractivity contribution in [1.82, 2.24) is 9.78 Å². The number of para-hydroxylation sites is 1. The summed E-state index contributed by atoms with van der Waals surface area (Å²) in [7, 11) is 1.52. The van der Waals surface area contributed by atoms with Crippen LogP contribution in [0, 0.1) is 10.1 Å². The number of carbonyl (C=O) groups excluding carboxylic acids is 1. The summed E-state index contributed by atoms with van der Waals surface area (Å²) >= 11 is 7.34. The van der Waals surface area contributed by atoms with Crippen LogP contribution in [0.2, 0.25) is 5.02 Å². The van der Waals surface area contributed by atoms with E-state index in [1.54, 1.807) is 24.3 Å². The zero-order valence-corrected chi connectivity index (χ0v) is 15.1. The molecule has 0 unspecified atom stereocenters. The zero-order chi connectivity index (χ0) is 18.7. The number of carbonyl (C=O) groups is 1. The molecule has 0 radical (unpaired) electrons. The molecule has 0 aliphatic carbocycles. The molecule has 0 saturated heterocycles. The molecule has 1 aromatic heterocycles. The lowest BCUT2D eigenvalue weighted by molar-refractivity contribution is -0.385. The minimum Gasteiger partial charge on any atom is -0.319 e. The van der Waals surface area contributed by atoms with Gasteiger partial charge in [-0.15, -0.1) is 0 Å². The Labute approximate surface area is 158 Å². The van der Waals surface area contributed by atoms with E-state index in [9.17, 15) is 14.9 Å². The Hall–Kier alpha value is -2.84. The van der Waals surface area contributed by atoms with Gasteiger partial charge in [0, 0.05) is 21.9 Å². The minimum absolute atomic E-state index is 0.233. The van der Waals surface area contributed by atoms with Crippen molar-refractivity contribution in [2.45, 2.75) is 9.79 Å². The van der Waals surface area contributed by atoms with Gasteiger partial charge in [-0.25, -0.2) is 0 Å². The molecule has 0 saturated carbocycles. The number of rotatable bonds is 5. The third-order valence-electron chi connectivity index (χ3n) is 3.40. The van der Waals surface area contributed by atoms with E-state index in [2.05, 4.69) is 10.4 Å². The normalized spacial score (nSPS) is 10.5. The number of aromatic nitrogens is 2. The summed E-state index contributed by atoms with van der Waals surface area (Å²) in [5.74, 6) is -0.638. The average Bonchev–Trinajstić information content (AvgIpc) is 3.01. The van der Waals surface area contributed by atoms with Gasteiger partial charge in [-0.3, -0.25) is 19.6 Å². The first-order valence-corrected chi connectivity index (χ1v) is 8.65. The molecule has 0 atom stereocenters. The van der Waals surface area contributed by atoms with Crippen LogP contribution in [0.3, 0.4) is 0 Å². The number of halogens is 1. The van der Waals surface area contributed by atoms with Crippen LogP contribution in [0.15, 0.2) is 64.5 Å². The van der Waals surface area contributed by atoms with Crippen molar-refractivity contribution in [2.75, 3.05) is 5.32 Å². The Bertz CT molecular complexity index is 972. The number of amides is 1. The van der Waals surface area contributed by atoms with E-state index in [-0.39, 0.29) is 11.4 Å². The molecule has 9 heteroatoms. The molecule has 1 amide bonds. The lowest BCUT2D eigenvalue weighted by atomic mass is 10.3. The maximum Gasteiger partial charge on any atom is 0.320 e. The molecule has 0 spiro atoms. The second kappa shape index (κ2) is 7.59. The SMILES string of the molecule is Cn1cc([N+](=O)[O-])c(C(=O)Nc2ccccc2Sc2ccc(Cl)cc2)n1. The topological polar surface area (TPSA) is 90.1 Å². The van der Waals surface area contributed by atoms with Crippen molar-refractivity contribution in [1.29, 1.82) is 0 Å². The van der Waals surface area contributed by atoms with Crippen LogP contribution >= 0.6 is 23.4 Å². The largest absolute Gasteiger partial charge is 0.320 e. The number of anilines is 1. The Morgan fingerprint density at radius 2 is 1.92 bits per heavy atom. The summed E-state index contributed by atoms with van der Waals surface area (Å²) in [4.78, 5) is 24.7. The standard InChI is InChI=1S/C17H13ClN4O3S/c1-21-10-14(22(24)25)16(20-21)17(23)19-13-4-2-3-5-15(13)26-12-8-6-11(18)7-9-12/h2-10H,1H3,(H,19,23). The highest BCUT2D eigenvalue weighted by Gasteiger charge is 2.25. The van der Waals surface area contributed by atoms with Crippen molar-refractivity contribution in [3.8, 4) is 0 Å². The fourth-order valence-corrected chi connectivity index (χ4v) is 3.27. The van der Waals surface area contributed by atoms with Crippen LogP contribution in [0.25, 0.3) is 0 Å². The molecule has 0 aliphatic heterocycles. The van der Waals surface area contributed by atoms with Gasteiger partial charge in [-0.05, 0) is 36.4 Å². The maximum atomic E-state index is 12.5. The van der Waals surface area contributed by atoms with E-state index in [1.807, 2.05) is 24.3 Å². The first kappa shape index (κ1) is 18.0. The molecular weight excluding hydrogens is 376 g/mol. The minimum atomic E-state index is -0.638. The number of hydrogen-bond acceptors (Lipinski definition) is 5. The first-order chi connectivity index (χ1) is 12.4. The first-order valence-electron chi connectivity index (χ1n) is 7.46. The number of hydrogen-bond donors (Lipinski definition) is 1. The summed E-state index contributed by atoms with van der Waals surface area (Å²) in [6.07, 6.45) is 1.20. The molecule has 1 heterocycles. The molecule has 7 nitrogen and oxygen atoms in total. The van der Waals surface area contributed by atoms with E-state index in [0.717, 1.165) is 9.79 Å². The molecule has 3 aromatic rings. The smallest absolute Gasteiger partial charge is 0.319 e. The Kier molecular flexibility index (Phi) is 5.24. The van der Waals surface area contributed by atoms with E-state index in [4.69, 9.17) is 11.6 Å². The lowest BCUT2D eigenvalue weighted by Crippen LogP contribution is -2.15. The van der Waals surface area contributed by atoms with Crippen LogP contribution < -0.4 is 5.32 Å². The highest BCUT2D eigenvalue weighted by molar-refractivity contribution is 7.99. The second-order valence-electron chi connectivity index (χ2n) is 5.30. The molecule has 0 aliphatic rings. The Morgan fingerprint density at radius 3 is 2.62 bits per heavy atom. The average molecular weight is 389 g/mol. The van der Waals surface area contributed by atoms with Gasteiger partial charge in [0.05, 0.1) is 10.6 Å². The molecule has 3 rings (SSSR count). The van der Waals surface area contributed by atoms with Crippen LogP contribution in [0.4, 0.5) is 11.4 Å². The van der Waals surface area contributed by atoms with Gasteiger partial charge < -0.3 is 5.32 Å². The van der Waals surface area contributed by atoms with Crippen LogP contribution in [-0.2, 0) is 7.05 Å². The predicted octanol–water partition coefficient (Wildman–Crippen LogP) is 4.39. The number of nitro groups is 1. The van der Waals surface area contributed by atoms with Crippen molar-refractivity contribution < 1.29 is 9.72 Å². The molecule has 26 heavy (non-hydrogen) atoms. The quantitative estimate of drug-likeness (QED) is 0.517. The van der Waals surface area contributed by atoms with Gasteiger partial charge in [-0.1, -0.05) is 35.5 Å². The Balaban J connectivity index is 1.85.